The van der Waals surface area contributed by atoms with Gasteiger partial charge in [0.25, 0.3) is 5.91 Å². The fourth-order valence-electron chi connectivity index (χ4n) is 2.19. The van der Waals surface area contributed by atoms with Gasteiger partial charge in [-0.1, -0.05) is 6.07 Å². The van der Waals surface area contributed by atoms with Gasteiger partial charge in [-0.2, -0.15) is 5.26 Å². The summed E-state index contributed by atoms with van der Waals surface area (Å²) >= 11 is 0. The maximum atomic E-state index is 12.2. The number of carbonyl (C=O) groups is 1. The van der Waals surface area contributed by atoms with E-state index in [0.717, 1.165) is 37.9 Å². The van der Waals surface area contributed by atoms with Gasteiger partial charge in [0.2, 0.25) is 0 Å². The number of pyridine rings is 1. The number of aryl methyl sites for hydroxylation is 1. The van der Waals surface area contributed by atoms with Gasteiger partial charge in [0.05, 0.1) is 0 Å². The lowest BCUT2D eigenvalue weighted by Crippen LogP contribution is -2.36. The second kappa shape index (κ2) is 6.71. The zero-order valence-electron chi connectivity index (χ0n) is 11.6. The monoisotopic (exact) mass is 270 g/mol. The van der Waals surface area contributed by atoms with Crippen LogP contribution in [0, 0.1) is 18.3 Å². The van der Waals surface area contributed by atoms with Crippen molar-refractivity contribution in [2.75, 3.05) is 18.4 Å². The lowest BCUT2D eigenvalue weighted by molar-refractivity contribution is -0.127. The topological polar surface area (TPSA) is 69.0 Å². The quantitative estimate of drug-likeness (QED) is 0.675. The third-order valence-corrected chi connectivity index (χ3v) is 3.36. The lowest BCUT2D eigenvalue weighted by Gasteiger charge is -2.26. The number of hydrogen-bond acceptors (Lipinski definition) is 4. The fraction of sp³-hybridized carbons (Fsp3) is 0.400. The average Bonchev–Trinajstić information content (AvgIpc) is 2.50. The molecule has 1 N–H and O–H groups in total. The molecule has 1 amide bonds. The molecule has 104 valence electrons. The van der Waals surface area contributed by atoms with Crippen LogP contribution in [0.25, 0.3) is 0 Å². The van der Waals surface area contributed by atoms with E-state index in [0.29, 0.717) is 5.82 Å². The first-order valence-electron chi connectivity index (χ1n) is 6.80. The van der Waals surface area contributed by atoms with Gasteiger partial charge in [-0.15, -0.1) is 0 Å². The number of likely N-dealkylation sites (tertiary alicyclic amines) is 1. The second-order valence-corrected chi connectivity index (χ2v) is 4.84. The summed E-state index contributed by atoms with van der Waals surface area (Å²) < 4.78 is 0. The molecule has 0 unspecified atom stereocenters. The molecule has 20 heavy (non-hydrogen) atoms. The van der Waals surface area contributed by atoms with Gasteiger partial charge in [-0.3, -0.25) is 4.79 Å². The molecule has 1 saturated heterocycles. The molecule has 0 atom stereocenters. The third-order valence-electron chi connectivity index (χ3n) is 3.36. The van der Waals surface area contributed by atoms with E-state index in [1.807, 2.05) is 25.1 Å². The molecule has 0 radical (unpaired) electrons. The van der Waals surface area contributed by atoms with E-state index in [1.54, 1.807) is 11.1 Å². The van der Waals surface area contributed by atoms with Crippen molar-refractivity contribution >= 4 is 11.7 Å². The van der Waals surface area contributed by atoms with Crippen LogP contribution in [-0.4, -0.2) is 28.9 Å². The van der Waals surface area contributed by atoms with E-state index in [9.17, 15) is 4.79 Å². The summed E-state index contributed by atoms with van der Waals surface area (Å²) in [5.74, 6) is 0.458. The van der Waals surface area contributed by atoms with Crippen LogP contribution in [0.5, 0.6) is 0 Å². The van der Waals surface area contributed by atoms with Crippen LogP contribution >= 0.6 is 0 Å². The highest BCUT2D eigenvalue weighted by Gasteiger charge is 2.20. The first-order chi connectivity index (χ1) is 9.72. The van der Waals surface area contributed by atoms with Gasteiger partial charge in [-0.25, -0.2) is 4.98 Å². The summed E-state index contributed by atoms with van der Waals surface area (Å²) in [7, 11) is 0. The number of amides is 1. The van der Waals surface area contributed by atoms with E-state index < -0.39 is 0 Å². The molecule has 1 aliphatic rings. The maximum absolute atomic E-state index is 12.2. The Morgan fingerprint density at radius 3 is 2.85 bits per heavy atom. The molecule has 1 aromatic heterocycles. The Labute approximate surface area is 118 Å². The van der Waals surface area contributed by atoms with Crippen molar-refractivity contribution in [1.82, 2.24) is 9.88 Å². The van der Waals surface area contributed by atoms with Gasteiger partial charge in [-0.05, 0) is 37.8 Å². The summed E-state index contributed by atoms with van der Waals surface area (Å²) in [5.41, 5.74) is 1.09. The van der Waals surface area contributed by atoms with Gasteiger partial charge in [0.1, 0.15) is 17.5 Å². The fourth-order valence-corrected chi connectivity index (χ4v) is 2.19. The highest BCUT2D eigenvalue weighted by Crippen LogP contribution is 2.13. The predicted molar refractivity (Wildman–Crippen MR) is 76.7 cm³/mol. The van der Waals surface area contributed by atoms with Crippen LogP contribution in [0.1, 0.15) is 24.8 Å². The molecule has 0 spiro atoms. The van der Waals surface area contributed by atoms with Crippen molar-refractivity contribution in [2.24, 2.45) is 0 Å². The Morgan fingerprint density at radius 1 is 1.45 bits per heavy atom. The number of piperidine rings is 1. The summed E-state index contributed by atoms with van der Waals surface area (Å²) in [6, 6.07) is 5.73. The third kappa shape index (κ3) is 3.35. The normalized spacial score (nSPS) is 15.6. The highest BCUT2D eigenvalue weighted by atomic mass is 16.2. The van der Waals surface area contributed by atoms with Gasteiger partial charge >= 0.3 is 0 Å². The number of nitriles is 1. The molecule has 0 saturated carbocycles. The number of hydrogen-bond donors (Lipinski definition) is 1. The van der Waals surface area contributed by atoms with Crippen molar-refractivity contribution in [2.45, 2.75) is 26.2 Å². The lowest BCUT2D eigenvalue weighted by atomic mass is 10.1. The van der Waals surface area contributed by atoms with Crippen molar-refractivity contribution in [3.63, 3.8) is 0 Å². The second-order valence-electron chi connectivity index (χ2n) is 4.84. The molecule has 1 aliphatic heterocycles. The Morgan fingerprint density at radius 2 is 2.20 bits per heavy atom. The first kappa shape index (κ1) is 14.1. The molecular formula is C15H18N4O. The largest absolute Gasteiger partial charge is 0.345 e. The molecule has 5 nitrogen and oxygen atoms in total. The highest BCUT2D eigenvalue weighted by molar-refractivity contribution is 5.97. The van der Waals surface area contributed by atoms with Crippen LogP contribution in [0.4, 0.5) is 5.82 Å². The SMILES string of the molecule is Cc1cccnc1N/C=C(/C#N)C(=O)N1CCCCC1. The first-order valence-corrected chi connectivity index (χ1v) is 6.80. The summed E-state index contributed by atoms with van der Waals surface area (Å²) in [6.45, 7) is 3.39. The van der Waals surface area contributed by atoms with E-state index >= 15 is 0 Å². The Bertz CT molecular complexity index is 553. The molecular weight excluding hydrogens is 252 g/mol. The summed E-state index contributed by atoms with van der Waals surface area (Å²) in [6.07, 6.45) is 6.29. The van der Waals surface area contributed by atoms with Crippen molar-refractivity contribution in [3.8, 4) is 6.07 Å². The van der Waals surface area contributed by atoms with Gasteiger partial charge < -0.3 is 10.2 Å². The van der Waals surface area contributed by atoms with Crippen LogP contribution < -0.4 is 5.32 Å². The number of nitrogens with zero attached hydrogens (tertiary/aromatic N) is 3. The van der Waals surface area contributed by atoms with Crippen LogP contribution in [0.15, 0.2) is 30.1 Å². The Balaban J connectivity index is 2.08. The minimum atomic E-state index is -0.201. The Kier molecular flexibility index (Phi) is 4.72. The van der Waals surface area contributed by atoms with Crippen molar-refractivity contribution in [1.29, 1.82) is 5.26 Å². The zero-order valence-corrected chi connectivity index (χ0v) is 11.6. The minimum absolute atomic E-state index is 0.122. The summed E-state index contributed by atoms with van der Waals surface area (Å²) in [5, 5.41) is 12.1. The number of aromatic nitrogens is 1. The summed E-state index contributed by atoms with van der Waals surface area (Å²) in [4.78, 5) is 18.1. The van der Waals surface area contributed by atoms with E-state index in [4.69, 9.17) is 5.26 Å². The van der Waals surface area contributed by atoms with E-state index in [-0.39, 0.29) is 11.5 Å². The van der Waals surface area contributed by atoms with Crippen molar-refractivity contribution < 1.29 is 4.79 Å². The van der Waals surface area contributed by atoms with Crippen molar-refractivity contribution in [3.05, 3.63) is 35.7 Å². The van der Waals surface area contributed by atoms with E-state index in [1.165, 1.54) is 6.20 Å². The van der Waals surface area contributed by atoms with E-state index in [2.05, 4.69) is 10.3 Å². The van der Waals surface area contributed by atoms with Crippen LogP contribution in [0.2, 0.25) is 0 Å². The minimum Gasteiger partial charge on any atom is -0.345 e. The molecule has 0 bridgehead atoms. The van der Waals surface area contributed by atoms with Gasteiger partial charge in [0, 0.05) is 25.5 Å². The van der Waals surface area contributed by atoms with Crippen LogP contribution in [-0.2, 0) is 4.79 Å². The molecule has 2 rings (SSSR count). The maximum Gasteiger partial charge on any atom is 0.266 e. The predicted octanol–water partition coefficient (Wildman–Crippen LogP) is 2.22. The smallest absolute Gasteiger partial charge is 0.266 e. The molecule has 0 aliphatic carbocycles. The molecule has 1 aromatic rings. The standard InChI is InChI=1S/C15H18N4O/c1-12-6-5-7-17-14(12)18-11-13(10-16)15(20)19-8-3-2-4-9-19/h5-7,11H,2-4,8-9H2,1H3,(H,17,18)/b13-11-. The number of nitrogens with one attached hydrogen (secondary N) is 1. The average molecular weight is 270 g/mol. The Hall–Kier alpha value is -2.35. The molecule has 1 fully saturated rings. The zero-order chi connectivity index (χ0) is 14.4. The molecule has 0 aromatic carbocycles. The van der Waals surface area contributed by atoms with Gasteiger partial charge in [0.15, 0.2) is 0 Å². The van der Waals surface area contributed by atoms with Crippen LogP contribution in [0.3, 0.4) is 0 Å². The molecule has 5 heteroatoms. The number of anilines is 1. The number of carbonyl (C=O) groups excluding carboxylic acids is 1. The number of rotatable bonds is 3. The molecule has 2 heterocycles.